The number of nitrogens with one attached hydrogen (secondary N) is 1. The molecule has 0 radical (unpaired) electrons. The maximum absolute atomic E-state index is 13.5. The predicted octanol–water partition coefficient (Wildman–Crippen LogP) is 5.03. The van der Waals surface area contributed by atoms with E-state index in [0.29, 0.717) is 10.7 Å². The van der Waals surface area contributed by atoms with Crippen LogP contribution in [0.5, 0.6) is 0 Å². The fourth-order valence-electron chi connectivity index (χ4n) is 4.31. The molecule has 0 fully saturated rings. The van der Waals surface area contributed by atoms with Crippen molar-refractivity contribution < 1.29 is 0 Å². The molecule has 0 bridgehead atoms. The van der Waals surface area contributed by atoms with Crippen molar-refractivity contribution in [1.82, 2.24) is 14.8 Å². The number of hydrogen-bond acceptors (Lipinski definition) is 4. The Morgan fingerprint density at radius 3 is 2.38 bits per heavy atom. The summed E-state index contributed by atoms with van der Waals surface area (Å²) in [4.78, 5) is 23.0. The van der Waals surface area contributed by atoms with Gasteiger partial charge in [-0.15, -0.1) is 0 Å². The van der Waals surface area contributed by atoms with Crippen molar-refractivity contribution in [3.63, 3.8) is 0 Å². The molecule has 2 aromatic heterocycles. The van der Waals surface area contributed by atoms with Crippen LogP contribution in [0.4, 0.5) is 0 Å². The lowest BCUT2D eigenvalue weighted by Crippen LogP contribution is -2.17. The van der Waals surface area contributed by atoms with E-state index in [0.717, 1.165) is 34.3 Å². The highest BCUT2D eigenvalue weighted by Gasteiger charge is 2.21. The van der Waals surface area contributed by atoms with Crippen LogP contribution in [-0.2, 0) is 12.8 Å². The molecule has 0 saturated heterocycles. The Kier molecular flexibility index (Phi) is 4.58. The molecule has 6 heteroatoms. The molecule has 3 aromatic carbocycles. The predicted molar refractivity (Wildman–Crippen MR) is 130 cm³/mol. The minimum absolute atomic E-state index is 0.137. The molecule has 5 nitrogen and oxygen atoms in total. The van der Waals surface area contributed by atoms with Crippen molar-refractivity contribution in [2.75, 3.05) is 0 Å². The summed E-state index contributed by atoms with van der Waals surface area (Å²) in [7, 11) is 0. The van der Waals surface area contributed by atoms with Crippen molar-refractivity contribution >= 4 is 27.8 Å². The smallest absolute Gasteiger partial charge is 0.282 e. The number of nitrogens with zero attached hydrogens (tertiary/aromatic N) is 3. The van der Waals surface area contributed by atoms with E-state index in [-0.39, 0.29) is 11.6 Å². The van der Waals surface area contributed by atoms with Crippen molar-refractivity contribution in [1.29, 1.82) is 0 Å². The summed E-state index contributed by atoms with van der Waals surface area (Å²) in [5.41, 5.74) is 5.70. The molecule has 1 aliphatic rings. The Hall–Kier alpha value is -3.77. The zero-order valence-electron chi connectivity index (χ0n) is 17.2. The van der Waals surface area contributed by atoms with Crippen molar-refractivity contribution in [3.05, 3.63) is 106 Å². The van der Waals surface area contributed by atoms with Gasteiger partial charge in [0.2, 0.25) is 5.13 Å². The van der Waals surface area contributed by atoms with Crippen LogP contribution in [-0.4, -0.2) is 27.0 Å². The van der Waals surface area contributed by atoms with Crippen molar-refractivity contribution in [3.8, 4) is 16.4 Å². The van der Waals surface area contributed by atoms with E-state index in [2.05, 4.69) is 34.3 Å². The van der Waals surface area contributed by atoms with E-state index in [4.69, 9.17) is 4.99 Å². The number of aliphatic imine (C=N–C) groups is 1. The van der Waals surface area contributed by atoms with Gasteiger partial charge in [-0.25, -0.2) is 4.98 Å². The number of H-pyrrole nitrogens is 1. The largest absolute Gasteiger partial charge is 0.288 e. The van der Waals surface area contributed by atoms with Gasteiger partial charge in [-0.05, 0) is 36.1 Å². The van der Waals surface area contributed by atoms with Gasteiger partial charge in [0.15, 0.2) is 0 Å². The number of hydrogen-bond donors (Lipinski definition) is 1. The number of para-hydroxylation sites is 1. The minimum atomic E-state index is -0.137. The summed E-state index contributed by atoms with van der Waals surface area (Å²) < 4.78 is 2.58. The van der Waals surface area contributed by atoms with Crippen LogP contribution in [0.2, 0.25) is 0 Å². The maximum Gasteiger partial charge on any atom is 0.282 e. The fraction of sp³-hybridized carbons (Fsp3) is 0.115. The normalized spacial score (nSPS) is 13.9. The first-order valence-electron chi connectivity index (χ1n) is 10.6. The highest BCUT2D eigenvalue weighted by molar-refractivity contribution is 7.20. The number of aromatic amines is 1. The van der Waals surface area contributed by atoms with Gasteiger partial charge in [0.05, 0.1) is 27.5 Å². The Bertz CT molecular complexity index is 1450. The zero-order valence-corrected chi connectivity index (χ0v) is 18.0. The van der Waals surface area contributed by atoms with Gasteiger partial charge in [-0.1, -0.05) is 78.1 Å². The van der Waals surface area contributed by atoms with Crippen molar-refractivity contribution in [2.45, 2.75) is 18.9 Å². The van der Waals surface area contributed by atoms with Crippen LogP contribution >= 0.6 is 11.3 Å². The third-order valence-electron chi connectivity index (χ3n) is 5.91. The first-order chi connectivity index (χ1) is 15.8. The summed E-state index contributed by atoms with van der Waals surface area (Å²) >= 11 is 1.49. The first kappa shape index (κ1) is 19.0. The van der Waals surface area contributed by atoms with Crippen LogP contribution in [0.3, 0.4) is 0 Å². The molecule has 2 heterocycles. The van der Waals surface area contributed by atoms with Gasteiger partial charge < -0.3 is 0 Å². The number of benzene rings is 3. The Morgan fingerprint density at radius 1 is 0.938 bits per heavy atom. The summed E-state index contributed by atoms with van der Waals surface area (Å²) in [6, 6.07) is 26.4. The van der Waals surface area contributed by atoms with Crippen LogP contribution in [0.15, 0.2) is 88.6 Å². The van der Waals surface area contributed by atoms with E-state index in [1.54, 1.807) is 6.21 Å². The van der Waals surface area contributed by atoms with E-state index < -0.39 is 0 Å². The van der Waals surface area contributed by atoms with Crippen LogP contribution in [0.25, 0.3) is 26.6 Å². The molecule has 1 aliphatic carbocycles. The van der Waals surface area contributed by atoms with Crippen LogP contribution < -0.4 is 5.56 Å². The molecule has 6 rings (SSSR count). The Balaban J connectivity index is 1.43. The van der Waals surface area contributed by atoms with Gasteiger partial charge >= 0.3 is 0 Å². The first-order valence-corrected chi connectivity index (χ1v) is 11.4. The molecule has 0 spiro atoms. The second-order valence-corrected chi connectivity index (χ2v) is 8.99. The maximum atomic E-state index is 13.5. The SMILES string of the molecule is O=c1c(C=NC2Cc3ccccc3C2)c(-c2ccccc2)[nH]n1-c1nc2ccccc2s1. The minimum Gasteiger partial charge on any atom is -0.288 e. The average molecular weight is 437 g/mol. The molecule has 1 N–H and O–H groups in total. The molecular weight excluding hydrogens is 416 g/mol. The zero-order chi connectivity index (χ0) is 21.5. The number of fused-ring (bicyclic) bond motifs is 2. The number of aromatic nitrogens is 3. The molecule has 0 aliphatic heterocycles. The van der Waals surface area contributed by atoms with Gasteiger partial charge in [-0.2, -0.15) is 4.68 Å². The molecule has 32 heavy (non-hydrogen) atoms. The molecule has 0 amide bonds. The van der Waals surface area contributed by atoms with Gasteiger partial charge in [0.25, 0.3) is 5.56 Å². The van der Waals surface area contributed by atoms with Gasteiger partial charge in [0, 0.05) is 11.8 Å². The lowest BCUT2D eigenvalue weighted by atomic mass is 10.1. The van der Waals surface area contributed by atoms with E-state index in [1.165, 1.54) is 27.1 Å². The molecular formula is C26H20N4OS. The topological polar surface area (TPSA) is 63.0 Å². The molecule has 0 unspecified atom stereocenters. The van der Waals surface area contributed by atoms with Crippen LogP contribution in [0, 0.1) is 0 Å². The lowest BCUT2D eigenvalue weighted by molar-refractivity contribution is 0.727. The Morgan fingerprint density at radius 2 is 1.62 bits per heavy atom. The average Bonchev–Trinajstić information content (AvgIpc) is 3.52. The quantitative estimate of drug-likeness (QED) is 0.402. The van der Waals surface area contributed by atoms with E-state index in [9.17, 15) is 4.79 Å². The summed E-state index contributed by atoms with van der Waals surface area (Å²) in [6.45, 7) is 0. The fourth-order valence-corrected chi connectivity index (χ4v) is 5.23. The standard InChI is InChI=1S/C26H20N4OS/c31-25-21(16-27-20-14-18-10-4-5-11-19(18)15-20)24(17-8-2-1-3-9-17)29-30(25)26-28-22-12-6-7-13-23(22)32-26/h1-13,16,20,29H,14-15H2. The van der Waals surface area contributed by atoms with Gasteiger partial charge in [0.1, 0.15) is 0 Å². The molecule has 0 saturated carbocycles. The molecule has 156 valence electrons. The van der Waals surface area contributed by atoms with E-state index >= 15 is 0 Å². The second kappa shape index (κ2) is 7.73. The van der Waals surface area contributed by atoms with Gasteiger partial charge in [-0.3, -0.25) is 14.9 Å². The van der Waals surface area contributed by atoms with Crippen molar-refractivity contribution in [2.24, 2.45) is 4.99 Å². The summed E-state index contributed by atoms with van der Waals surface area (Å²) in [6.07, 6.45) is 3.56. The number of thiazole rings is 1. The number of rotatable bonds is 4. The monoisotopic (exact) mass is 436 g/mol. The second-order valence-electron chi connectivity index (χ2n) is 7.98. The Labute approximate surface area is 188 Å². The molecule has 5 aromatic rings. The highest BCUT2D eigenvalue weighted by atomic mass is 32.1. The van der Waals surface area contributed by atoms with E-state index in [1.807, 2.05) is 54.6 Å². The third-order valence-corrected chi connectivity index (χ3v) is 6.93. The van der Waals surface area contributed by atoms with Crippen LogP contribution in [0.1, 0.15) is 16.7 Å². The lowest BCUT2D eigenvalue weighted by Gasteiger charge is -2.02. The summed E-state index contributed by atoms with van der Waals surface area (Å²) in [5.74, 6) is 0. The third kappa shape index (κ3) is 3.29. The molecule has 0 atom stereocenters. The summed E-state index contributed by atoms with van der Waals surface area (Å²) in [5, 5.41) is 3.92. The highest BCUT2D eigenvalue weighted by Crippen LogP contribution is 2.27.